The van der Waals surface area contributed by atoms with Crippen LogP contribution < -0.4 is 0 Å². The number of H-pyrrole nitrogens is 1. The summed E-state index contributed by atoms with van der Waals surface area (Å²) in [6.07, 6.45) is 5.21. The first-order valence-electron chi connectivity index (χ1n) is 5.11. The number of hydrogen-bond acceptors (Lipinski definition) is 2. The topological polar surface area (TPSA) is 20.7 Å². The molecule has 0 aliphatic carbocycles. The number of aromatic nitrogens is 2. The Labute approximate surface area is 114 Å². The molecule has 2 aromatic rings. The molecule has 1 aromatic heterocycles. The van der Waals surface area contributed by atoms with E-state index in [9.17, 15) is 0 Å². The number of benzene rings is 1. The van der Waals surface area contributed by atoms with Crippen molar-refractivity contribution in [3.8, 4) is 12.3 Å². The zero-order chi connectivity index (χ0) is 12.3. The molecule has 2 nitrogen and oxygen atoms in total. The van der Waals surface area contributed by atoms with Gasteiger partial charge in [-0.2, -0.15) is 0 Å². The van der Waals surface area contributed by atoms with Gasteiger partial charge in [0.2, 0.25) is 0 Å². The third kappa shape index (κ3) is 2.86. The van der Waals surface area contributed by atoms with Gasteiger partial charge in [0.1, 0.15) is 0 Å². The number of nitrogens with one attached hydrogen (secondary N) is 1. The predicted octanol–water partition coefficient (Wildman–Crippen LogP) is 3.72. The minimum atomic E-state index is 0.711. The molecule has 1 N–H and O–H groups in total. The highest BCUT2D eigenvalue weighted by Gasteiger charge is 2.04. The van der Waals surface area contributed by atoms with Crippen LogP contribution in [0.4, 0.5) is 0 Å². The summed E-state index contributed by atoms with van der Waals surface area (Å²) in [5.74, 6) is 4.30. The zero-order valence-electron chi connectivity index (χ0n) is 9.07. The van der Waals surface area contributed by atoms with Gasteiger partial charge in [-0.15, -0.1) is 18.2 Å². The quantitative estimate of drug-likeness (QED) is 0.524. The SMILES string of the molecule is C#CCSCCn1c(=S)[nH]c2cc(Cl)ccc21. The molecule has 0 radical (unpaired) electrons. The lowest BCUT2D eigenvalue weighted by Gasteiger charge is -2.03. The van der Waals surface area contributed by atoms with Crippen LogP contribution in [0.5, 0.6) is 0 Å². The van der Waals surface area contributed by atoms with Gasteiger partial charge in [0, 0.05) is 17.3 Å². The van der Waals surface area contributed by atoms with Crippen LogP contribution in [0.2, 0.25) is 5.02 Å². The average Bonchev–Trinajstić information content (AvgIpc) is 2.60. The molecule has 5 heteroatoms. The monoisotopic (exact) mass is 282 g/mol. The van der Waals surface area contributed by atoms with Crippen LogP contribution in [0.15, 0.2) is 18.2 Å². The highest BCUT2D eigenvalue weighted by molar-refractivity contribution is 7.99. The first-order chi connectivity index (χ1) is 8.22. The van der Waals surface area contributed by atoms with Crippen LogP contribution in [0, 0.1) is 17.1 Å². The van der Waals surface area contributed by atoms with Crippen molar-refractivity contribution in [2.24, 2.45) is 0 Å². The van der Waals surface area contributed by atoms with Crippen molar-refractivity contribution in [2.75, 3.05) is 11.5 Å². The van der Waals surface area contributed by atoms with E-state index in [-0.39, 0.29) is 0 Å². The molecule has 0 amide bonds. The van der Waals surface area contributed by atoms with Gasteiger partial charge in [0.05, 0.1) is 16.8 Å². The van der Waals surface area contributed by atoms with Crippen molar-refractivity contribution in [2.45, 2.75) is 6.54 Å². The Morgan fingerprint density at radius 1 is 1.53 bits per heavy atom. The van der Waals surface area contributed by atoms with Crippen LogP contribution >= 0.6 is 35.6 Å². The number of fused-ring (bicyclic) bond motifs is 1. The molecule has 1 aromatic carbocycles. The summed E-state index contributed by atoms with van der Waals surface area (Å²) in [4.78, 5) is 3.15. The van der Waals surface area contributed by atoms with Gasteiger partial charge in [-0.1, -0.05) is 17.5 Å². The molecule has 0 saturated carbocycles. The fourth-order valence-electron chi connectivity index (χ4n) is 1.64. The molecule has 0 aliphatic rings. The number of imidazole rings is 1. The van der Waals surface area contributed by atoms with E-state index in [4.69, 9.17) is 30.2 Å². The Bertz CT molecular complexity index is 621. The summed E-state index contributed by atoms with van der Waals surface area (Å²) in [5, 5.41) is 0.711. The molecule has 0 fully saturated rings. The first kappa shape index (κ1) is 12.6. The predicted molar refractivity (Wildman–Crippen MR) is 78.3 cm³/mol. The summed E-state index contributed by atoms with van der Waals surface area (Å²) in [6.45, 7) is 0.854. The van der Waals surface area contributed by atoms with Gasteiger partial charge in [0.25, 0.3) is 0 Å². The van der Waals surface area contributed by atoms with Crippen molar-refractivity contribution in [1.82, 2.24) is 9.55 Å². The van der Waals surface area contributed by atoms with Crippen molar-refractivity contribution in [3.05, 3.63) is 28.0 Å². The lowest BCUT2D eigenvalue weighted by molar-refractivity contribution is 0.784. The van der Waals surface area contributed by atoms with Gasteiger partial charge < -0.3 is 9.55 Å². The summed E-state index contributed by atoms with van der Waals surface area (Å²) in [7, 11) is 0. The Kier molecular flexibility index (Phi) is 4.16. The smallest absolute Gasteiger partial charge is 0.178 e. The summed E-state index contributed by atoms with van der Waals surface area (Å²) < 4.78 is 2.80. The van der Waals surface area contributed by atoms with Crippen LogP contribution in [0.25, 0.3) is 11.0 Å². The first-order valence-corrected chi connectivity index (χ1v) is 7.06. The number of nitrogens with zero attached hydrogens (tertiary/aromatic N) is 1. The number of hydrogen-bond donors (Lipinski definition) is 1. The van der Waals surface area contributed by atoms with Crippen LogP contribution in [0.3, 0.4) is 0 Å². The maximum absolute atomic E-state index is 5.94. The highest BCUT2D eigenvalue weighted by atomic mass is 35.5. The van der Waals surface area contributed by atoms with Crippen molar-refractivity contribution >= 4 is 46.6 Å². The van der Waals surface area contributed by atoms with E-state index in [1.54, 1.807) is 11.8 Å². The maximum atomic E-state index is 5.94. The fraction of sp³-hybridized carbons (Fsp3) is 0.250. The third-order valence-corrected chi connectivity index (χ3v) is 3.78. The van der Waals surface area contributed by atoms with Crippen LogP contribution in [0.1, 0.15) is 0 Å². The number of aromatic amines is 1. The van der Waals surface area contributed by atoms with Gasteiger partial charge in [-0.25, -0.2) is 0 Å². The Morgan fingerprint density at radius 3 is 3.12 bits per heavy atom. The van der Waals surface area contributed by atoms with E-state index in [1.165, 1.54) is 0 Å². The number of thioether (sulfide) groups is 1. The largest absolute Gasteiger partial charge is 0.331 e. The lowest BCUT2D eigenvalue weighted by Crippen LogP contribution is -2.00. The van der Waals surface area contributed by atoms with E-state index < -0.39 is 0 Å². The lowest BCUT2D eigenvalue weighted by atomic mass is 10.3. The van der Waals surface area contributed by atoms with E-state index in [1.807, 2.05) is 18.2 Å². The normalized spacial score (nSPS) is 10.6. The maximum Gasteiger partial charge on any atom is 0.178 e. The molecular weight excluding hydrogens is 272 g/mol. The highest BCUT2D eigenvalue weighted by Crippen LogP contribution is 2.19. The Morgan fingerprint density at radius 2 is 2.35 bits per heavy atom. The molecule has 88 valence electrons. The van der Waals surface area contributed by atoms with E-state index in [2.05, 4.69) is 15.5 Å². The van der Waals surface area contributed by atoms with Crippen LogP contribution in [-0.2, 0) is 6.54 Å². The summed E-state index contributed by atoms with van der Waals surface area (Å²) in [5.41, 5.74) is 2.06. The van der Waals surface area contributed by atoms with Crippen LogP contribution in [-0.4, -0.2) is 21.1 Å². The van der Waals surface area contributed by atoms with E-state index >= 15 is 0 Å². The van der Waals surface area contributed by atoms with Crippen molar-refractivity contribution in [3.63, 3.8) is 0 Å². The minimum absolute atomic E-state index is 0.711. The van der Waals surface area contributed by atoms with Crippen molar-refractivity contribution in [1.29, 1.82) is 0 Å². The van der Waals surface area contributed by atoms with E-state index in [0.717, 1.165) is 33.9 Å². The second kappa shape index (κ2) is 5.63. The molecule has 0 atom stereocenters. The minimum Gasteiger partial charge on any atom is -0.331 e. The van der Waals surface area contributed by atoms with Gasteiger partial charge in [-0.05, 0) is 30.4 Å². The van der Waals surface area contributed by atoms with Gasteiger partial charge >= 0.3 is 0 Å². The number of rotatable bonds is 4. The summed E-state index contributed by atoms with van der Waals surface area (Å²) >= 11 is 13.0. The number of terminal acetylenes is 1. The molecule has 0 saturated heterocycles. The molecule has 1 heterocycles. The number of halogens is 1. The standard InChI is InChI=1S/C12H11ClN2S2/c1-2-6-17-7-5-15-11-4-3-9(13)8-10(11)14-12(15)16/h1,3-4,8H,5-7H2,(H,14,16). The molecule has 0 spiro atoms. The Hall–Kier alpha value is -0.890. The fourth-order valence-corrected chi connectivity index (χ4v) is 2.69. The summed E-state index contributed by atoms with van der Waals surface area (Å²) in [6, 6.07) is 5.74. The van der Waals surface area contributed by atoms with Gasteiger partial charge in [-0.3, -0.25) is 0 Å². The molecule has 0 bridgehead atoms. The molecular formula is C12H11ClN2S2. The molecule has 0 unspecified atom stereocenters. The average molecular weight is 283 g/mol. The molecule has 0 aliphatic heterocycles. The van der Waals surface area contributed by atoms with E-state index in [0.29, 0.717) is 5.02 Å². The molecule has 17 heavy (non-hydrogen) atoms. The second-order valence-corrected chi connectivity index (χ2v) is 5.43. The third-order valence-electron chi connectivity index (χ3n) is 2.38. The number of aryl methyl sites for hydroxylation is 1. The van der Waals surface area contributed by atoms with Crippen molar-refractivity contribution < 1.29 is 0 Å². The molecule has 2 rings (SSSR count). The van der Waals surface area contributed by atoms with Gasteiger partial charge in [0.15, 0.2) is 4.77 Å². The zero-order valence-corrected chi connectivity index (χ0v) is 11.5. The second-order valence-electron chi connectivity index (χ2n) is 3.50. The Balaban J connectivity index is 2.25.